The van der Waals surface area contributed by atoms with Crippen LogP contribution in [0.3, 0.4) is 0 Å². The van der Waals surface area contributed by atoms with Crippen LogP contribution >= 0.6 is 0 Å². The van der Waals surface area contributed by atoms with E-state index in [0.29, 0.717) is 18.5 Å². The fourth-order valence-corrected chi connectivity index (χ4v) is 1.92. The molecule has 0 spiro atoms. The molecule has 6 nitrogen and oxygen atoms in total. The molecule has 1 aromatic rings. The summed E-state index contributed by atoms with van der Waals surface area (Å²) in [7, 11) is 0. The van der Waals surface area contributed by atoms with Gasteiger partial charge in [0.1, 0.15) is 5.84 Å². The maximum absolute atomic E-state index is 11.2. The van der Waals surface area contributed by atoms with E-state index < -0.39 is 6.03 Å². The molecule has 2 heterocycles. The van der Waals surface area contributed by atoms with Gasteiger partial charge < -0.3 is 5.73 Å². The van der Waals surface area contributed by atoms with Gasteiger partial charge in [0.05, 0.1) is 23.6 Å². The molecule has 0 aliphatic carbocycles. The van der Waals surface area contributed by atoms with Crippen molar-refractivity contribution in [3.8, 4) is 0 Å². The summed E-state index contributed by atoms with van der Waals surface area (Å²) in [6.07, 6.45) is 4.49. The van der Waals surface area contributed by atoms with Gasteiger partial charge in [-0.15, -0.1) is 0 Å². The van der Waals surface area contributed by atoms with Gasteiger partial charge in [-0.05, 0) is 13.3 Å². The van der Waals surface area contributed by atoms with Crippen molar-refractivity contribution in [2.24, 2.45) is 5.73 Å². The number of hydrogen-bond donors (Lipinski definition) is 2. The number of amides is 2. The Bertz CT molecular complexity index is 445. The second kappa shape index (κ2) is 3.88. The Morgan fingerprint density at radius 2 is 2.38 bits per heavy atom. The number of hydrogen-bond acceptors (Lipinski definition) is 4. The van der Waals surface area contributed by atoms with Crippen LogP contribution in [0.25, 0.3) is 0 Å². The van der Waals surface area contributed by atoms with E-state index in [1.165, 1.54) is 4.90 Å². The van der Waals surface area contributed by atoms with Crippen molar-refractivity contribution in [2.45, 2.75) is 25.8 Å². The van der Waals surface area contributed by atoms with E-state index >= 15 is 0 Å². The Morgan fingerprint density at radius 3 is 3.00 bits per heavy atom. The highest BCUT2D eigenvalue weighted by Gasteiger charge is 2.34. The number of rotatable bonds is 1. The molecule has 0 aromatic carbocycles. The zero-order valence-corrected chi connectivity index (χ0v) is 8.97. The van der Waals surface area contributed by atoms with E-state index in [2.05, 4.69) is 9.97 Å². The van der Waals surface area contributed by atoms with Gasteiger partial charge in [-0.1, -0.05) is 0 Å². The molecule has 1 saturated heterocycles. The summed E-state index contributed by atoms with van der Waals surface area (Å²) >= 11 is 0. The Hall–Kier alpha value is -1.98. The average Bonchev–Trinajstić information content (AvgIpc) is 2.60. The number of carbonyl (C=O) groups excluding carboxylic acids is 1. The molecule has 2 amide bonds. The molecular formula is C10H13N5O. The van der Waals surface area contributed by atoms with E-state index in [0.717, 1.165) is 5.69 Å². The molecule has 2 rings (SSSR count). The van der Waals surface area contributed by atoms with Gasteiger partial charge in [-0.3, -0.25) is 20.3 Å². The lowest BCUT2D eigenvalue weighted by molar-refractivity contribution is 0.221. The monoisotopic (exact) mass is 219 g/mol. The van der Waals surface area contributed by atoms with Gasteiger partial charge in [-0.2, -0.15) is 0 Å². The number of carbonyl (C=O) groups is 1. The highest BCUT2D eigenvalue weighted by Crippen LogP contribution is 2.31. The van der Waals surface area contributed by atoms with E-state index in [1.807, 2.05) is 6.92 Å². The minimum atomic E-state index is -0.601. The first-order valence-corrected chi connectivity index (χ1v) is 5.04. The van der Waals surface area contributed by atoms with E-state index in [4.69, 9.17) is 11.1 Å². The second-order valence-electron chi connectivity index (χ2n) is 3.79. The number of primary amides is 1. The Kier molecular flexibility index (Phi) is 2.55. The standard InChI is InChI=1S/C10H13N5O/c1-6-4-13-5-7(14-6)8-2-3-9(11)15(8)10(12)16/h4-5,8,11H,2-3H2,1H3,(H2,12,16). The molecule has 16 heavy (non-hydrogen) atoms. The van der Waals surface area contributed by atoms with Crippen LogP contribution in [0.15, 0.2) is 12.4 Å². The smallest absolute Gasteiger partial charge is 0.320 e. The number of aryl methyl sites for hydroxylation is 1. The predicted octanol–water partition coefficient (Wildman–Crippen LogP) is 0.978. The van der Waals surface area contributed by atoms with Gasteiger partial charge in [0.15, 0.2) is 0 Å². The molecule has 1 aliphatic heterocycles. The normalized spacial score (nSPS) is 20.2. The number of amidine groups is 1. The largest absolute Gasteiger partial charge is 0.351 e. The third kappa shape index (κ3) is 1.73. The van der Waals surface area contributed by atoms with Crippen LogP contribution in [-0.2, 0) is 0 Å². The molecule has 0 radical (unpaired) electrons. The van der Waals surface area contributed by atoms with Crippen molar-refractivity contribution in [3.05, 3.63) is 23.8 Å². The topological polar surface area (TPSA) is 96.0 Å². The van der Waals surface area contributed by atoms with E-state index in [9.17, 15) is 4.79 Å². The second-order valence-corrected chi connectivity index (χ2v) is 3.79. The quantitative estimate of drug-likeness (QED) is 0.736. The molecule has 1 aromatic heterocycles. The number of nitrogens with zero attached hydrogens (tertiary/aromatic N) is 3. The van der Waals surface area contributed by atoms with Crippen LogP contribution in [-0.4, -0.2) is 26.7 Å². The Morgan fingerprint density at radius 1 is 1.62 bits per heavy atom. The Labute approximate surface area is 93.0 Å². The van der Waals surface area contributed by atoms with Gasteiger partial charge in [0, 0.05) is 12.6 Å². The van der Waals surface area contributed by atoms with Crippen molar-refractivity contribution in [1.82, 2.24) is 14.9 Å². The van der Waals surface area contributed by atoms with Crippen LogP contribution in [0.4, 0.5) is 4.79 Å². The minimum absolute atomic E-state index is 0.239. The molecule has 1 aliphatic rings. The first-order valence-electron chi connectivity index (χ1n) is 5.04. The summed E-state index contributed by atoms with van der Waals surface area (Å²) < 4.78 is 0. The SMILES string of the molecule is Cc1cncc(C2CCC(=N)N2C(N)=O)n1. The van der Waals surface area contributed by atoms with Crippen molar-refractivity contribution in [3.63, 3.8) is 0 Å². The van der Waals surface area contributed by atoms with Crippen LogP contribution in [0.5, 0.6) is 0 Å². The highest BCUT2D eigenvalue weighted by atomic mass is 16.2. The van der Waals surface area contributed by atoms with Gasteiger partial charge in [0.25, 0.3) is 0 Å². The predicted molar refractivity (Wildman–Crippen MR) is 57.9 cm³/mol. The molecule has 0 saturated carbocycles. The fourth-order valence-electron chi connectivity index (χ4n) is 1.92. The van der Waals surface area contributed by atoms with E-state index in [1.54, 1.807) is 12.4 Å². The van der Waals surface area contributed by atoms with E-state index in [-0.39, 0.29) is 11.9 Å². The molecule has 1 fully saturated rings. The zero-order valence-electron chi connectivity index (χ0n) is 8.97. The fraction of sp³-hybridized carbons (Fsp3) is 0.400. The number of nitrogens with two attached hydrogens (primary N) is 1. The van der Waals surface area contributed by atoms with Crippen molar-refractivity contribution >= 4 is 11.9 Å². The third-order valence-electron chi connectivity index (χ3n) is 2.61. The minimum Gasteiger partial charge on any atom is -0.351 e. The zero-order chi connectivity index (χ0) is 11.7. The molecule has 0 bridgehead atoms. The van der Waals surface area contributed by atoms with Crippen molar-refractivity contribution in [1.29, 1.82) is 5.41 Å². The van der Waals surface area contributed by atoms with Crippen LogP contribution in [0.1, 0.15) is 30.3 Å². The maximum Gasteiger partial charge on any atom is 0.320 e. The third-order valence-corrected chi connectivity index (χ3v) is 2.61. The number of likely N-dealkylation sites (tertiary alicyclic amines) is 1. The molecule has 3 N–H and O–H groups in total. The molecule has 1 unspecified atom stereocenters. The first-order chi connectivity index (χ1) is 7.59. The summed E-state index contributed by atoms with van der Waals surface area (Å²) in [5.41, 5.74) is 6.74. The summed E-state index contributed by atoms with van der Waals surface area (Å²) in [6, 6.07) is -0.840. The molecular weight excluding hydrogens is 206 g/mol. The number of aromatic nitrogens is 2. The van der Waals surface area contributed by atoms with Crippen LogP contribution in [0.2, 0.25) is 0 Å². The lowest BCUT2D eigenvalue weighted by Gasteiger charge is -2.21. The lowest BCUT2D eigenvalue weighted by Crippen LogP contribution is -2.38. The summed E-state index contributed by atoms with van der Waals surface area (Å²) in [5.74, 6) is 0.251. The van der Waals surface area contributed by atoms with Crippen LogP contribution < -0.4 is 5.73 Å². The molecule has 1 atom stereocenters. The number of nitrogens with one attached hydrogen (secondary N) is 1. The van der Waals surface area contributed by atoms with Gasteiger partial charge in [0.2, 0.25) is 0 Å². The summed E-state index contributed by atoms with van der Waals surface area (Å²) in [5, 5.41) is 7.65. The maximum atomic E-state index is 11.2. The highest BCUT2D eigenvalue weighted by molar-refractivity contribution is 5.97. The van der Waals surface area contributed by atoms with Crippen LogP contribution in [0, 0.1) is 12.3 Å². The Balaban J connectivity index is 2.34. The molecule has 6 heteroatoms. The average molecular weight is 219 g/mol. The van der Waals surface area contributed by atoms with Crippen molar-refractivity contribution in [2.75, 3.05) is 0 Å². The molecule has 84 valence electrons. The summed E-state index contributed by atoms with van der Waals surface area (Å²) in [4.78, 5) is 20.9. The van der Waals surface area contributed by atoms with Gasteiger partial charge >= 0.3 is 6.03 Å². The summed E-state index contributed by atoms with van der Waals surface area (Å²) in [6.45, 7) is 1.84. The first kappa shape index (κ1) is 10.5. The lowest BCUT2D eigenvalue weighted by atomic mass is 10.1. The number of urea groups is 1. The van der Waals surface area contributed by atoms with Crippen molar-refractivity contribution < 1.29 is 4.79 Å². The van der Waals surface area contributed by atoms with Gasteiger partial charge in [-0.25, -0.2) is 4.79 Å².